The SMILES string of the molecule is C=CN(C(=O)OCc1ccccc1)C(=O)OCc1ccccc1. The summed E-state index contributed by atoms with van der Waals surface area (Å²) in [6.45, 7) is 3.57. The van der Waals surface area contributed by atoms with Crippen molar-refractivity contribution in [3.63, 3.8) is 0 Å². The molecule has 2 rings (SSSR count). The average molecular weight is 311 g/mol. The van der Waals surface area contributed by atoms with E-state index in [4.69, 9.17) is 9.47 Å². The molecule has 5 nitrogen and oxygen atoms in total. The Bertz CT molecular complexity index is 600. The van der Waals surface area contributed by atoms with Crippen molar-refractivity contribution in [1.29, 1.82) is 0 Å². The summed E-state index contributed by atoms with van der Waals surface area (Å²) in [6, 6.07) is 18.3. The molecule has 2 aromatic rings. The Morgan fingerprint density at radius 1 is 0.826 bits per heavy atom. The zero-order valence-electron chi connectivity index (χ0n) is 12.6. The lowest BCUT2D eigenvalue weighted by Crippen LogP contribution is -2.33. The molecule has 0 fully saturated rings. The molecule has 0 radical (unpaired) electrons. The van der Waals surface area contributed by atoms with Crippen molar-refractivity contribution in [1.82, 2.24) is 4.90 Å². The summed E-state index contributed by atoms with van der Waals surface area (Å²) in [5, 5.41) is 0. The van der Waals surface area contributed by atoms with Crippen molar-refractivity contribution < 1.29 is 19.1 Å². The fourth-order valence-electron chi connectivity index (χ4n) is 1.80. The van der Waals surface area contributed by atoms with Gasteiger partial charge >= 0.3 is 12.2 Å². The largest absolute Gasteiger partial charge is 0.444 e. The molecule has 0 heterocycles. The lowest BCUT2D eigenvalue weighted by Gasteiger charge is -2.16. The van der Waals surface area contributed by atoms with Gasteiger partial charge in [-0.15, -0.1) is 0 Å². The smallest absolute Gasteiger partial charge is 0.423 e. The van der Waals surface area contributed by atoms with E-state index in [-0.39, 0.29) is 13.2 Å². The van der Waals surface area contributed by atoms with Gasteiger partial charge in [0.2, 0.25) is 0 Å². The monoisotopic (exact) mass is 311 g/mol. The first-order chi connectivity index (χ1) is 11.2. The van der Waals surface area contributed by atoms with E-state index in [1.54, 1.807) is 0 Å². The summed E-state index contributed by atoms with van der Waals surface area (Å²) in [4.78, 5) is 24.6. The summed E-state index contributed by atoms with van der Waals surface area (Å²) in [7, 11) is 0. The maximum absolute atomic E-state index is 11.9. The molecule has 0 spiro atoms. The van der Waals surface area contributed by atoms with Crippen molar-refractivity contribution in [2.75, 3.05) is 0 Å². The summed E-state index contributed by atoms with van der Waals surface area (Å²) in [6.07, 6.45) is -0.593. The normalized spacial score (nSPS) is 9.74. The van der Waals surface area contributed by atoms with Crippen LogP contribution in [0.5, 0.6) is 0 Å². The maximum Gasteiger partial charge on any atom is 0.423 e. The van der Waals surface area contributed by atoms with Crippen molar-refractivity contribution in [2.45, 2.75) is 13.2 Å². The van der Waals surface area contributed by atoms with Gasteiger partial charge in [-0.3, -0.25) is 0 Å². The molecule has 23 heavy (non-hydrogen) atoms. The zero-order chi connectivity index (χ0) is 16.5. The Morgan fingerprint density at radius 2 is 1.22 bits per heavy atom. The number of nitrogens with zero attached hydrogens (tertiary/aromatic N) is 1. The average Bonchev–Trinajstić information content (AvgIpc) is 2.60. The van der Waals surface area contributed by atoms with Crippen LogP contribution in [0.3, 0.4) is 0 Å². The van der Waals surface area contributed by atoms with Crippen LogP contribution in [0, 0.1) is 0 Å². The van der Waals surface area contributed by atoms with E-state index >= 15 is 0 Å². The van der Waals surface area contributed by atoms with Gasteiger partial charge in [-0.1, -0.05) is 67.2 Å². The molecule has 0 bridgehead atoms. The minimum absolute atomic E-state index is 0.0655. The summed E-state index contributed by atoms with van der Waals surface area (Å²) in [5.41, 5.74) is 1.64. The molecule has 0 aliphatic rings. The third-order valence-electron chi connectivity index (χ3n) is 2.99. The van der Waals surface area contributed by atoms with E-state index in [1.165, 1.54) is 0 Å². The van der Waals surface area contributed by atoms with Crippen LogP contribution < -0.4 is 0 Å². The fraction of sp³-hybridized carbons (Fsp3) is 0.111. The van der Waals surface area contributed by atoms with Gasteiger partial charge in [-0.05, 0) is 11.1 Å². The quantitative estimate of drug-likeness (QED) is 0.834. The molecule has 0 unspecified atom stereocenters. The molecule has 0 atom stereocenters. The van der Waals surface area contributed by atoms with Crippen molar-refractivity contribution in [3.05, 3.63) is 84.6 Å². The van der Waals surface area contributed by atoms with Gasteiger partial charge < -0.3 is 9.47 Å². The Balaban J connectivity index is 1.86. The first-order valence-electron chi connectivity index (χ1n) is 7.04. The van der Waals surface area contributed by atoms with E-state index in [1.807, 2.05) is 60.7 Å². The van der Waals surface area contributed by atoms with Crippen LogP contribution >= 0.6 is 0 Å². The van der Waals surface area contributed by atoms with Crippen LogP contribution in [0.2, 0.25) is 0 Å². The predicted octanol–water partition coefficient (Wildman–Crippen LogP) is 4.11. The van der Waals surface area contributed by atoms with Crippen LogP contribution in [0.25, 0.3) is 0 Å². The van der Waals surface area contributed by atoms with Gasteiger partial charge in [0.1, 0.15) is 13.2 Å². The minimum atomic E-state index is -0.832. The van der Waals surface area contributed by atoms with Gasteiger partial charge in [0, 0.05) is 6.20 Å². The van der Waals surface area contributed by atoms with Gasteiger partial charge in [0.05, 0.1) is 0 Å². The molecule has 0 aliphatic carbocycles. The topological polar surface area (TPSA) is 55.8 Å². The molecule has 5 heteroatoms. The maximum atomic E-state index is 11.9. The first-order valence-corrected chi connectivity index (χ1v) is 7.04. The standard InChI is InChI=1S/C18H17NO4/c1-2-19(17(20)22-13-15-9-5-3-6-10-15)18(21)23-14-16-11-7-4-8-12-16/h2-12H,1,13-14H2. The molecular formula is C18H17NO4. The molecule has 0 aliphatic heterocycles. The van der Waals surface area contributed by atoms with E-state index in [2.05, 4.69) is 6.58 Å². The second-order valence-electron chi connectivity index (χ2n) is 4.63. The number of rotatable bonds is 5. The number of imide groups is 1. The highest BCUT2D eigenvalue weighted by atomic mass is 16.6. The molecule has 0 saturated carbocycles. The van der Waals surface area contributed by atoms with Crippen LogP contribution in [-0.4, -0.2) is 17.1 Å². The Kier molecular flexibility index (Phi) is 5.94. The van der Waals surface area contributed by atoms with Crippen molar-refractivity contribution in [3.8, 4) is 0 Å². The summed E-state index contributed by atoms with van der Waals surface area (Å²) >= 11 is 0. The Hall–Kier alpha value is -3.08. The molecule has 2 aromatic carbocycles. The van der Waals surface area contributed by atoms with Gasteiger partial charge in [-0.2, -0.15) is 4.90 Å². The number of ether oxygens (including phenoxy) is 2. The van der Waals surface area contributed by atoms with Crippen molar-refractivity contribution >= 4 is 12.2 Å². The molecule has 0 N–H and O–H groups in total. The van der Waals surface area contributed by atoms with Crippen LogP contribution in [0.15, 0.2) is 73.4 Å². The van der Waals surface area contributed by atoms with Crippen LogP contribution in [0.1, 0.15) is 11.1 Å². The van der Waals surface area contributed by atoms with E-state index in [0.717, 1.165) is 17.3 Å². The molecule has 118 valence electrons. The third kappa shape index (κ3) is 5.00. The predicted molar refractivity (Wildman–Crippen MR) is 85.3 cm³/mol. The summed E-state index contributed by atoms with van der Waals surface area (Å²) < 4.78 is 10.1. The minimum Gasteiger partial charge on any atom is -0.444 e. The van der Waals surface area contributed by atoms with Gasteiger partial charge in [-0.25, -0.2) is 9.59 Å². The Morgan fingerprint density at radius 3 is 1.57 bits per heavy atom. The van der Waals surface area contributed by atoms with E-state index in [9.17, 15) is 9.59 Å². The van der Waals surface area contributed by atoms with Gasteiger partial charge in [0.25, 0.3) is 0 Å². The lowest BCUT2D eigenvalue weighted by atomic mass is 10.2. The highest BCUT2D eigenvalue weighted by Crippen LogP contribution is 2.07. The summed E-state index contributed by atoms with van der Waals surface area (Å²) in [5.74, 6) is 0. The molecule has 0 aromatic heterocycles. The highest BCUT2D eigenvalue weighted by molar-refractivity contribution is 5.89. The number of amides is 2. The number of carbonyl (C=O) groups is 2. The fourth-order valence-corrected chi connectivity index (χ4v) is 1.80. The number of carbonyl (C=O) groups excluding carboxylic acids is 2. The number of hydrogen-bond acceptors (Lipinski definition) is 4. The van der Waals surface area contributed by atoms with E-state index < -0.39 is 12.2 Å². The molecule has 2 amide bonds. The second-order valence-corrected chi connectivity index (χ2v) is 4.63. The van der Waals surface area contributed by atoms with Crippen molar-refractivity contribution in [2.24, 2.45) is 0 Å². The third-order valence-corrected chi connectivity index (χ3v) is 2.99. The van der Waals surface area contributed by atoms with E-state index in [0.29, 0.717) is 4.90 Å². The first kappa shape index (κ1) is 16.3. The number of hydrogen-bond donors (Lipinski definition) is 0. The molecular weight excluding hydrogens is 294 g/mol. The molecule has 0 saturated heterocycles. The number of benzene rings is 2. The lowest BCUT2D eigenvalue weighted by molar-refractivity contribution is 0.0836. The van der Waals surface area contributed by atoms with Crippen LogP contribution in [0.4, 0.5) is 9.59 Å². The van der Waals surface area contributed by atoms with Crippen LogP contribution in [-0.2, 0) is 22.7 Å². The Labute approximate surface area is 134 Å². The second kappa shape index (κ2) is 8.38. The highest BCUT2D eigenvalue weighted by Gasteiger charge is 2.21. The zero-order valence-corrected chi connectivity index (χ0v) is 12.6. The van der Waals surface area contributed by atoms with Gasteiger partial charge in [0.15, 0.2) is 0 Å².